The molecule has 0 aliphatic carbocycles. The summed E-state index contributed by atoms with van der Waals surface area (Å²) in [6.07, 6.45) is 2.55. The van der Waals surface area contributed by atoms with Crippen LogP contribution in [-0.2, 0) is 11.3 Å². The van der Waals surface area contributed by atoms with E-state index in [4.69, 9.17) is 4.74 Å². The fourth-order valence-corrected chi connectivity index (χ4v) is 3.14. The zero-order valence-corrected chi connectivity index (χ0v) is 14.6. The summed E-state index contributed by atoms with van der Waals surface area (Å²) < 4.78 is 5.80. The van der Waals surface area contributed by atoms with Crippen molar-refractivity contribution in [2.45, 2.75) is 19.6 Å². The summed E-state index contributed by atoms with van der Waals surface area (Å²) in [6, 6.07) is 12.2. The summed E-state index contributed by atoms with van der Waals surface area (Å²) in [5.74, 6) is -0.151. The van der Waals surface area contributed by atoms with Gasteiger partial charge in [-0.3, -0.25) is 9.98 Å². The lowest BCUT2D eigenvalue weighted by molar-refractivity contribution is 0.0910. The number of aromatic nitrogens is 1. The summed E-state index contributed by atoms with van der Waals surface area (Å²) in [6.45, 7) is 1.99. The van der Waals surface area contributed by atoms with Crippen LogP contribution in [0.4, 0.5) is 5.69 Å². The third-order valence-electron chi connectivity index (χ3n) is 4.59. The molecular formula is C21H18N2O4. The first-order valence-electron chi connectivity index (χ1n) is 8.48. The van der Waals surface area contributed by atoms with Gasteiger partial charge in [0, 0.05) is 40.7 Å². The van der Waals surface area contributed by atoms with Gasteiger partial charge in [-0.15, -0.1) is 0 Å². The number of pyridine rings is 1. The third-order valence-corrected chi connectivity index (χ3v) is 4.59. The second-order valence-electron chi connectivity index (χ2n) is 6.39. The van der Waals surface area contributed by atoms with Gasteiger partial charge in [0.1, 0.15) is 23.4 Å². The van der Waals surface area contributed by atoms with E-state index >= 15 is 0 Å². The quantitative estimate of drug-likeness (QED) is 0.615. The molecule has 0 saturated carbocycles. The normalized spacial score (nSPS) is 16.0. The molecule has 0 amide bonds. The smallest absolute Gasteiger partial charge is 0.143 e. The highest BCUT2D eigenvalue weighted by Crippen LogP contribution is 2.45. The van der Waals surface area contributed by atoms with E-state index in [-0.39, 0.29) is 23.9 Å². The van der Waals surface area contributed by atoms with Crippen molar-refractivity contribution in [3.63, 3.8) is 0 Å². The molecule has 2 heterocycles. The molecule has 2 aromatic carbocycles. The largest absolute Gasteiger partial charge is 0.507 e. The van der Waals surface area contributed by atoms with Crippen LogP contribution in [0.1, 0.15) is 34.1 Å². The highest BCUT2D eigenvalue weighted by molar-refractivity contribution is 5.86. The molecule has 136 valence electrons. The van der Waals surface area contributed by atoms with Crippen LogP contribution in [-0.4, -0.2) is 26.5 Å². The average Bonchev–Trinajstić information content (AvgIpc) is 3.09. The Balaban J connectivity index is 1.76. The average molecular weight is 362 g/mol. The van der Waals surface area contributed by atoms with Gasteiger partial charge in [-0.25, -0.2) is 0 Å². The molecule has 6 heteroatoms. The van der Waals surface area contributed by atoms with Crippen LogP contribution in [0, 0.1) is 6.92 Å². The number of aromatic hydroxyl groups is 3. The summed E-state index contributed by atoms with van der Waals surface area (Å²) in [7, 11) is 0. The van der Waals surface area contributed by atoms with Gasteiger partial charge in [-0.05, 0) is 25.1 Å². The van der Waals surface area contributed by atoms with Gasteiger partial charge in [-0.2, -0.15) is 0 Å². The third kappa shape index (κ3) is 3.11. The number of phenols is 2. The van der Waals surface area contributed by atoms with Gasteiger partial charge in [-0.1, -0.05) is 18.2 Å². The first-order chi connectivity index (χ1) is 13.0. The Kier molecular flexibility index (Phi) is 4.25. The van der Waals surface area contributed by atoms with Crippen LogP contribution in [0.5, 0.6) is 17.2 Å². The molecule has 1 aromatic heterocycles. The van der Waals surface area contributed by atoms with Gasteiger partial charge >= 0.3 is 0 Å². The monoisotopic (exact) mass is 362 g/mol. The number of fused-ring (bicyclic) bond motifs is 1. The molecule has 6 nitrogen and oxygen atoms in total. The van der Waals surface area contributed by atoms with Crippen molar-refractivity contribution < 1.29 is 20.1 Å². The minimum absolute atomic E-state index is 0.0574. The number of para-hydroxylation sites is 1. The molecule has 0 fully saturated rings. The van der Waals surface area contributed by atoms with E-state index in [1.54, 1.807) is 19.2 Å². The number of ether oxygens (including phenoxy) is 1. The van der Waals surface area contributed by atoms with Gasteiger partial charge < -0.3 is 20.1 Å². The van der Waals surface area contributed by atoms with E-state index in [1.165, 1.54) is 12.3 Å². The van der Waals surface area contributed by atoms with Crippen LogP contribution in [0.3, 0.4) is 0 Å². The van der Waals surface area contributed by atoms with E-state index < -0.39 is 6.10 Å². The second kappa shape index (κ2) is 6.74. The van der Waals surface area contributed by atoms with E-state index in [9.17, 15) is 15.3 Å². The molecule has 0 spiro atoms. The number of benzene rings is 2. The van der Waals surface area contributed by atoms with Crippen LogP contribution < -0.4 is 0 Å². The summed E-state index contributed by atoms with van der Waals surface area (Å²) in [5, 5.41) is 31.0. The maximum Gasteiger partial charge on any atom is 0.143 e. The molecule has 1 aliphatic heterocycles. The van der Waals surface area contributed by atoms with Crippen molar-refractivity contribution in [2.24, 2.45) is 4.99 Å². The minimum Gasteiger partial charge on any atom is -0.507 e. The highest BCUT2D eigenvalue weighted by Gasteiger charge is 2.31. The lowest BCUT2D eigenvalue weighted by Gasteiger charge is -2.16. The fourth-order valence-electron chi connectivity index (χ4n) is 3.14. The first kappa shape index (κ1) is 17.1. The van der Waals surface area contributed by atoms with Crippen LogP contribution in [0.15, 0.2) is 53.7 Å². The van der Waals surface area contributed by atoms with Crippen LogP contribution in [0.25, 0.3) is 0 Å². The molecular weight excluding hydrogens is 344 g/mol. The van der Waals surface area contributed by atoms with E-state index in [0.717, 1.165) is 11.3 Å². The number of phenolic OH excluding ortho intramolecular Hbond substituents is 2. The summed E-state index contributed by atoms with van der Waals surface area (Å²) in [4.78, 5) is 8.49. The standard InChI is InChI=1S/C21H18N2O4/c1-12-20(26)19-14(10-22-12)11-27-21(19)16-7-13(17(24)8-18(16)25)9-23-15-5-3-2-4-6-15/h2-10,21,24-26H,11H2,1H3. The van der Waals surface area contributed by atoms with Crippen LogP contribution >= 0.6 is 0 Å². The van der Waals surface area contributed by atoms with Crippen molar-refractivity contribution >= 4 is 11.9 Å². The van der Waals surface area contributed by atoms with Gasteiger partial charge in [0.05, 0.1) is 18.0 Å². The van der Waals surface area contributed by atoms with E-state index in [0.29, 0.717) is 22.4 Å². The molecule has 1 aliphatic rings. The lowest BCUT2D eigenvalue weighted by atomic mass is 9.96. The molecule has 1 atom stereocenters. The lowest BCUT2D eigenvalue weighted by Crippen LogP contribution is -2.02. The van der Waals surface area contributed by atoms with Crippen LogP contribution in [0.2, 0.25) is 0 Å². The van der Waals surface area contributed by atoms with E-state index in [1.807, 2.05) is 30.3 Å². The van der Waals surface area contributed by atoms with Crippen molar-refractivity contribution in [3.8, 4) is 17.2 Å². The first-order valence-corrected chi connectivity index (χ1v) is 8.48. The molecule has 4 rings (SSSR count). The molecule has 1 unspecified atom stereocenters. The number of hydrogen-bond acceptors (Lipinski definition) is 6. The van der Waals surface area contributed by atoms with E-state index in [2.05, 4.69) is 9.98 Å². The zero-order chi connectivity index (χ0) is 19.0. The van der Waals surface area contributed by atoms with Gasteiger partial charge in [0.25, 0.3) is 0 Å². The highest BCUT2D eigenvalue weighted by atomic mass is 16.5. The number of aliphatic imine (C=N–C) groups is 1. The maximum atomic E-state index is 10.4. The summed E-state index contributed by atoms with van der Waals surface area (Å²) >= 11 is 0. The Morgan fingerprint density at radius 1 is 1.11 bits per heavy atom. The minimum atomic E-state index is -0.647. The fraction of sp³-hybridized carbons (Fsp3) is 0.143. The van der Waals surface area contributed by atoms with Gasteiger partial charge in [0.15, 0.2) is 0 Å². The Morgan fingerprint density at radius 3 is 2.67 bits per heavy atom. The molecule has 0 radical (unpaired) electrons. The molecule has 0 bridgehead atoms. The van der Waals surface area contributed by atoms with Gasteiger partial charge in [0.2, 0.25) is 0 Å². The summed E-state index contributed by atoms with van der Waals surface area (Å²) in [5.41, 5.74) is 3.49. The molecule has 0 saturated heterocycles. The maximum absolute atomic E-state index is 10.4. The topological polar surface area (TPSA) is 95.2 Å². The number of aryl methyl sites for hydroxylation is 1. The Hall–Kier alpha value is -3.38. The van der Waals surface area contributed by atoms with Crippen molar-refractivity contribution in [3.05, 3.63) is 76.6 Å². The Morgan fingerprint density at radius 2 is 1.89 bits per heavy atom. The van der Waals surface area contributed by atoms with Crippen molar-refractivity contribution in [1.29, 1.82) is 0 Å². The number of rotatable bonds is 3. The Labute approximate surface area is 156 Å². The molecule has 3 N–H and O–H groups in total. The molecule has 27 heavy (non-hydrogen) atoms. The zero-order valence-electron chi connectivity index (χ0n) is 14.6. The number of hydrogen-bond donors (Lipinski definition) is 3. The Bertz CT molecular complexity index is 1030. The SMILES string of the molecule is Cc1ncc2c(c1O)C(c1cc(C=Nc3ccccc3)c(O)cc1O)OC2. The van der Waals surface area contributed by atoms with Crippen molar-refractivity contribution in [1.82, 2.24) is 4.98 Å². The van der Waals surface area contributed by atoms with Crippen molar-refractivity contribution in [2.75, 3.05) is 0 Å². The predicted octanol–water partition coefficient (Wildman–Crippen LogP) is 3.88. The second-order valence-corrected chi connectivity index (χ2v) is 6.39. The molecule has 3 aromatic rings. The number of nitrogens with zero attached hydrogens (tertiary/aromatic N) is 2. The predicted molar refractivity (Wildman–Crippen MR) is 101 cm³/mol.